The lowest BCUT2D eigenvalue weighted by atomic mass is 10.2. The molecule has 0 saturated carbocycles. The second-order valence-electron chi connectivity index (χ2n) is 8.71. The molecule has 0 saturated heterocycles. The zero-order chi connectivity index (χ0) is 28.4. The molecule has 0 spiro atoms. The fraction of sp³-hybridized carbons (Fsp3) is 0.148. The van der Waals surface area contributed by atoms with Crippen LogP contribution in [-0.2, 0) is 18.5 Å². The molecule has 5 aromatic rings. The number of benzene rings is 2. The molecular weight excluding hydrogens is 577 g/mol. The standard InChI is InChI=1S/C27H19F3N6O3S2/c28-27(29,30)18-2-1-3-19(11-18)36-24(17-6-8-31-9-7-17)34-35-26(36)41-14-23-33-20(13-40-23)25(37)32-12-16-4-5-21-22(10-16)39-15-38-21/h1-11,13H,12,14-15H2,(H,32,37). The molecule has 1 amide bonds. The molecule has 4 heterocycles. The number of nitrogens with zero attached hydrogens (tertiary/aromatic N) is 5. The van der Waals surface area contributed by atoms with Gasteiger partial charge in [-0.25, -0.2) is 4.98 Å². The SMILES string of the molecule is O=C(NCc1ccc2c(c1)OCO2)c1csc(CSc2nnc(-c3ccncc3)n2-c2cccc(C(F)(F)F)c2)n1. The lowest BCUT2D eigenvalue weighted by Crippen LogP contribution is -2.23. The predicted octanol–water partition coefficient (Wildman–Crippen LogP) is 5.76. The van der Waals surface area contributed by atoms with Gasteiger partial charge >= 0.3 is 6.18 Å². The molecular formula is C27H19F3N6O3S2. The molecule has 1 aliphatic rings. The molecule has 14 heteroatoms. The van der Waals surface area contributed by atoms with Crippen molar-refractivity contribution in [2.75, 3.05) is 6.79 Å². The van der Waals surface area contributed by atoms with E-state index in [0.29, 0.717) is 38.8 Å². The van der Waals surface area contributed by atoms with Crippen LogP contribution in [0.1, 0.15) is 26.6 Å². The van der Waals surface area contributed by atoms with Gasteiger partial charge in [0.2, 0.25) is 6.79 Å². The molecule has 6 rings (SSSR count). The highest BCUT2D eigenvalue weighted by atomic mass is 32.2. The predicted molar refractivity (Wildman–Crippen MR) is 145 cm³/mol. The van der Waals surface area contributed by atoms with E-state index in [4.69, 9.17) is 9.47 Å². The van der Waals surface area contributed by atoms with Crippen molar-refractivity contribution in [3.63, 3.8) is 0 Å². The Bertz CT molecular complexity index is 1710. The topological polar surface area (TPSA) is 104 Å². The summed E-state index contributed by atoms with van der Waals surface area (Å²) in [7, 11) is 0. The summed E-state index contributed by atoms with van der Waals surface area (Å²) in [5.41, 5.74) is 1.25. The molecule has 0 unspecified atom stereocenters. The molecule has 208 valence electrons. The minimum atomic E-state index is -4.51. The number of alkyl halides is 3. The van der Waals surface area contributed by atoms with Crippen molar-refractivity contribution >= 4 is 29.0 Å². The first-order valence-corrected chi connectivity index (χ1v) is 14.0. The van der Waals surface area contributed by atoms with Gasteiger partial charge in [-0.1, -0.05) is 23.9 Å². The number of nitrogens with one attached hydrogen (secondary N) is 1. The van der Waals surface area contributed by atoms with Crippen LogP contribution in [0, 0.1) is 0 Å². The fourth-order valence-corrected chi connectivity index (χ4v) is 5.78. The number of thiazole rings is 1. The van der Waals surface area contributed by atoms with Crippen LogP contribution in [-0.4, -0.2) is 37.4 Å². The number of aromatic nitrogens is 5. The molecule has 0 atom stereocenters. The number of hydrogen-bond acceptors (Lipinski definition) is 9. The monoisotopic (exact) mass is 596 g/mol. The maximum absolute atomic E-state index is 13.5. The number of ether oxygens (including phenoxy) is 2. The van der Waals surface area contributed by atoms with Crippen molar-refractivity contribution in [3.8, 4) is 28.6 Å². The minimum Gasteiger partial charge on any atom is -0.454 e. The van der Waals surface area contributed by atoms with Crippen LogP contribution in [0.4, 0.5) is 13.2 Å². The van der Waals surface area contributed by atoms with Crippen molar-refractivity contribution in [2.45, 2.75) is 23.6 Å². The first-order valence-electron chi connectivity index (χ1n) is 12.1. The fourth-order valence-electron chi connectivity index (χ4n) is 4.04. The van der Waals surface area contributed by atoms with E-state index in [1.807, 2.05) is 12.1 Å². The average molecular weight is 597 g/mol. The Kier molecular flexibility index (Phi) is 7.32. The average Bonchev–Trinajstić information content (AvgIpc) is 3.74. The molecule has 2 aromatic carbocycles. The zero-order valence-corrected chi connectivity index (χ0v) is 22.6. The number of hydrogen-bond donors (Lipinski definition) is 1. The molecule has 1 N–H and O–H groups in total. The van der Waals surface area contributed by atoms with Gasteiger partial charge in [0, 0.05) is 29.9 Å². The van der Waals surface area contributed by atoms with E-state index in [-0.39, 0.29) is 30.6 Å². The van der Waals surface area contributed by atoms with E-state index in [0.717, 1.165) is 17.7 Å². The quantitative estimate of drug-likeness (QED) is 0.226. The molecule has 0 aliphatic carbocycles. The highest BCUT2D eigenvalue weighted by Gasteiger charge is 2.31. The number of rotatable bonds is 8. The Balaban J connectivity index is 1.18. The normalized spacial score (nSPS) is 12.5. The molecule has 9 nitrogen and oxygen atoms in total. The van der Waals surface area contributed by atoms with Crippen molar-refractivity contribution in [1.82, 2.24) is 30.0 Å². The maximum Gasteiger partial charge on any atom is 0.416 e. The van der Waals surface area contributed by atoms with Gasteiger partial charge in [-0.15, -0.1) is 21.5 Å². The number of pyridine rings is 1. The number of thioether (sulfide) groups is 1. The second kappa shape index (κ2) is 11.2. The lowest BCUT2D eigenvalue weighted by Gasteiger charge is -2.13. The molecule has 1 aliphatic heterocycles. The van der Waals surface area contributed by atoms with Gasteiger partial charge in [-0.2, -0.15) is 13.2 Å². The van der Waals surface area contributed by atoms with E-state index in [1.54, 1.807) is 46.6 Å². The third-order valence-corrected chi connectivity index (χ3v) is 7.97. The van der Waals surface area contributed by atoms with Crippen LogP contribution in [0.15, 0.2) is 77.5 Å². The van der Waals surface area contributed by atoms with Crippen molar-refractivity contribution < 1.29 is 27.4 Å². The van der Waals surface area contributed by atoms with E-state index >= 15 is 0 Å². The van der Waals surface area contributed by atoms with Gasteiger partial charge < -0.3 is 14.8 Å². The summed E-state index contributed by atoms with van der Waals surface area (Å²) in [5, 5.41) is 14.0. The van der Waals surface area contributed by atoms with Crippen molar-refractivity contribution in [3.05, 3.63) is 94.2 Å². The van der Waals surface area contributed by atoms with E-state index < -0.39 is 11.7 Å². The zero-order valence-electron chi connectivity index (χ0n) is 21.0. The lowest BCUT2D eigenvalue weighted by molar-refractivity contribution is -0.137. The second-order valence-corrected chi connectivity index (χ2v) is 10.6. The van der Waals surface area contributed by atoms with Gasteiger partial charge in [0.15, 0.2) is 22.5 Å². The Hall–Kier alpha value is -4.43. The summed E-state index contributed by atoms with van der Waals surface area (Å²) < 4.78 is 52.7. The summed E-state index contributed by atoms with van der Waals surface area (Å²) in [4.78, 5) is 21.1. The van der Waals surface area contributed by atoms with E-state index in [2.05, 4.69) is 25.5 Å². The summed E-state index contributed by atoms with van der Waals surface area (Å²) in [5.74, 6) is 1.67. The first kappa shape index (κ1) is 26.8. The van der Waals surface area contributed by atoms with Crippen LogP contribution in [0.3, 0.4) is 0 Å². The van der Waals surface area contributed by atoms with Gasteiger partial charge in [0.25, 0.3) is 5.91 Å². The Labute approximate surface area is 239 Å². The minimum absolute atomic E-state index is 0.173. The highest BCUT2D eigenvalue weighted by Crippen LogP contribution is 2.35. The van der Waals surface area contributed by atoms with Gasteiger partial charge in [-0.05, 0) is 48.0 Å². The number of halogens is 3. The van der Waals surface area contributed by atoms with E-state index in [9.17, 15) is 18.0 Å². The molecule has 0 radical (unpaired) electrons. The number of amides is 1. The maximum atomic E-state index is 13.5. The number of carbonyl (C=O) groups excluding carboxylic acids is 1. The summed E-state index contributed by atoms with van der Waals surface area (Å²) in [6.45, 7) is 0.459. The number of carbonyl (C=O) groups is 1. The summed E-state index contributed by atoms with van der Waals surface area (Å²) in [6.07, 6.45) is -1.36. The summed E-state index contributed by atoms with van der Waals surface area (Å²) >= 11 is 2.56. The van der Waals surface area contributed by atoms with Gasteiger partial charge in [-0.3, -0.25) is 14.3 Å². The third-order valence-electron chi connectivity index (χ3n) is 6.00. The Morgan fingerprint density at radius 2 is 1.88 bits per heavy atom. The third kappa shape index (κ3) is 5.88. The first-order chi connectivity index (χ1) is 19.8. The van der Waals surface area contributed by atoms with Crippen LogP contribution in [0.5, 0.6) is 11.5 Å². The highest BCUT2D eigenvalue weighted by molar-refractivity contribution is 7.98. The van der Waals surface area contributed by atoms with Crippen LogP contribution in [0.2, 0.25) is 0 Å². The van der Waals surface area contributed by atoms with Gasteiger partial charge in [0.05, 0.1) is 17.0 Å². The van der Waals surface area contributed by atoms with Crippen LogP contribution in [0.25, 0.3) is 17.1 Å². The molecule has 3 aromatic heterocycles. The van der Waals surface area contributed by atoms with Gasteiger partial charge in [0.1, 0.15) is 10.7 Å². The Morgan fingerprint density at radius 1 is 1.05 bits per heavy atom. The van der Waals surface area contributed by atoms with Crippen LogP contribution >= 0.6 is 23.1 Å². The Morgan fingerprint density at radius 3 is 2.71 bits per heavy atom. The smallest absolute Gasteiger partial charge is 0.416 e. The largest absolute Gasteiger partial charge is 0.454 e. The molecule has 0 bridgehead atoms. The summed E-state index contributed by atoms with van der Waals surface area (Å²) in [6, 6.07) is 13.9. The van der Waals surface area contributed by atoms with Crippen molar-refractivity contribution in [2.24, 2.45) is 0 Å². The molecule has 41 heavy (non-hydrogen) atoms. The van der Waals surface area contributed by atoms with Crippen molar-refractivity contribution in [1.29, 1.82) is 0 Å². The molecule has 0 fully saturated rings. The van der Waals surface area contributed by atoms with E-state index in [1.165, 1.54) is 29.2 Å². The van der Waals surface area contributed by atoms with Crippen LogP contribution < -0.4 is 14.8 Å². The number of fused-ring (bicyclic) bond motifs is 1.